The first-order valence-corrected chi connectivity index (χ1v) is 9.95. The normalized spacial score (nSPS) is 11.1. The van der Waals surface area contributed by atoms with Crippen molar-refractivity contribution in [3.8, 4) is 16.9 Å². The zero-order chi connectivity index (χ0) is 20.3. The molecule has 0 saturated heterocycles. The van der Waals surface area contributed by atoms with Crippen LogP contribution in [0.25, 0.3) is 11.1 Å². The summed E-state index contributed by atoms with van der Waals surface area (Å²) in [6.45, 7) is 2.06. The number of ether oxygens (including phenoxy) is 1. The highest BCUT2D eigenvalue weighted by molar-refractivity contribution is 6.01. The van der Waals surface area contributed by atoms with Crippen LogP contribution in [0.5, 0.6) is 5.75 Å². The molecule has 29 heavy (non-hydrogen) atoms. The number of nitrogens with zero attached hydrogens (tertiary/aromatic N) is 1. The number of carbonyl (C=O) groups excluding carboxylic acids is 1. The highest BCUT2D eigenvalue weighted by atomic mass is 16.5. The minimum Gasteiger partial charge on any atom is -0.484 e. The molecule has 0 atom stereocenters. The molecular weight excluding hydrogens is 360 g/mol. The second-order valence-corrected chi connectivity index (χ2v) is 6.74. The Bertz CT molecular complexity index is 920. The van der Waals surface area contributed by atoms with Crippen LogP contribution < -0.4 is 10.2 Å². The Balaban J connectivity index is 1.55. The van der Waals surface area contributed by atoms with Gasteiger partial charge in [0.05, 0.1) is 5.71 Å². The van der Waals surface area contributed by atoms with Gasteiger partial charge in [-0.25, -0.2) is 5.43 Å². The fraction of sp³-hybridized carbons (Fsp3) is 0.200. The van der Waals surface area contributed by atoms with Crippen LogP contribution in [0.4, 0.5) is 0 Å². The van der Waals surface area contributed by atoms with Gasteiger partial charge in [-0.05, 0) is 41.7 Å². The predicted octanol–water partition coefficient (Wildman–Crippen LogP) is 5.44. The molecule has 4 heteroatoms. The topological polar surface area (TPSA) is 50.7 Å². The van der Waals surface area contributed by atoms with Crippen LogP contribution >= 0.6 is 0 Å². The van der Waals surface area contributed by atoms with Crippen molar-refractivity contribution in [2.24, 2.45) is 5.10 Å². The lowest BCUT2D eigenvalue weighted by atomic mass is 10.1. The molecule has 0 heterocycles. The smallest absolute Gasteiger partial charge is 0.277 e. The van der Waals surface area contributed by atoms with Crippen molar-refractivity contribution >= 4 is 11.6 Å². The molecule has 0 aliphatic heterocycles. The molecule has 0 aliphatic carbocycles. The van der Waals surface area contributed by atoms with Crippen molar-refractivity contribution in [1.29, 1.82) is 0 Å². The standard InChI is InChI=1S/C25H26N2O2/c1-2-3-14-24(22-12-8-5-9-13-22)26-27-25(28)19-29-23-17-15-21(16-18-23)20-10-6-4-7-11-20/h4-13,15-18H,2-3,14,19H2,1H3,(H,27,28)/b26-24+. The lowest BCUT2D eigenvalue weighted by molar-refractivity contribution is -0.123. The van der Waals surface area contributed by atoms with E-state index >= 15 is 0 Å². The average molecular weight is 386 g/mol. The number of hydrazone groups is 1. The summed E-state index contributed by atoms with van der Waals surface area (Å²) in [5, 5.41) is 4.33. The SMILES string of the molecule is CCCC/C(=N\NC(=O)COc1ccc(-c2ccccc2)cc1)c1ccccc1. The minimum absolute atomic E-state index is 0.0793. The van der Waals surface area contributed by atoms with Crippen molar-refractivity contribution in [2.75, 3.05) is 6.61 Å². The highest BCUT2D eigenvalue weighted by Gasteiger charge is 2.06. The summed E-state index contributed by atoms with van der Waals surface area (Å²) < 4.78 is 5.60. The molecule has 0 radical (unpaired) electrons. The number of nitrogens with one attached hydrogen (secondary N) is 1. The van der Waals surface area contributed by atoms with Crippen molar-refractivity contribution in [2.45, 2.75) is 26.2 Å². The first-order valence-electron chi connectivity index (χ1n) is 9.95. The van der Waals surface area contributed by atoms with E-state index in [1.807, 2.05) is 72.8 Å². The summed E-state index contributed by atoms with van der Waals surface area (Å²) in [6.07, 6.45) is 2.92. The molecule has 0 fully saturated rings. The molecule has 0 bridgehead atoms. The first-order chi connectivity index (χ1) is 14.3. The van der Waals surface area contributed by atoms with E-state index in [4.69, 9.17) is 4.74 Å². The third-order valence-electron chi connectivity index (χ3n) is 4.52. The Kier molecular flexibility index (Phi) is 7.58. The summed E-state index contributed by atoms with van der Waals surface area (Å²) in [6, 6.07) is 27.8. The van der Waals surface area contributed by atoms with E-state index in [-0.39, 0.29) is 12.5 Å². The van der Waals surface area contributed by atoms with Gasteiger partial charge in [0, 0.05) is 0 Å². The zero-order valence-corrected chi connectivity index (χ0v) is 16.7. The summed E-state index contributed by atoms with van der Waals surface area (Å²) >= 11 is 0. The Labute approximate surface area is 172 Å². The van der Waals surface area contributed by atoms with Crippen molar-refractivity contribution < 1.29 is 9.53 Å². The van der Waals surface area contributed by atoms with Gasteiger partial charge < -0.3 is 4.74 Å². The second-order valence-electron chi connectivity index (χ2n) is 6.74. The molecule has 3 aromatic carbocycles. The molecule has 0 unspecified atom stereocenters. The van der Waals surface area contributed by atoms with Gasteiger partial charge in [0.2, 0.25) is 0 Å². The van der Waals surface area contributed by atoms with Crippen LogP contribution in [0.2, 0.25) is 0 Å². The zero-order valence-electron chi connectivity index (χ0n) is 16.7. The largest absolute Gasteiger partial charge is 0.484 e. The lowest BCUT2D eigenvalue weighted by Crippen LogP contribution is -2.26. The van der Waals surface area contributed by atoms with E-state index < -0.39 is 0 Å². The first kappa shape index (κ1) is 20.3. The molecule has 1 amide bonds. The van der Waals surface area contributed by atoms with Crippen molar-refractivity contribution in [3.63, 3.8) is 0 Å². The molecule has 4 nitrogen and oxygen atoms in total. The van der Waals surface area contributed by atoms with Gasteiger partial charge >= 0.3 is 0 Å². The molecule has 0 saturated carbocycles. The maximum absolute atomic E-state index is 12.2. The molecule has 3 aromatic rings. The number of rotatable bonds is 9. The number of hydrogen-bond acceptors (Lipinski definition) is 3. The Morgan fingerprint density at radius 3 is 2.14 bits per heavy atom. The van der Waals surface area contributed by atoms with Crippen LogP contribution in [0.15, 0.2) is 90.0 Å². The van der Waals surface area contributed by atoms with Gasteiger partial charge in [-0.1, -0.05) is 86.1 Å². The quantitative estimate of drug-likeness (QED) is 0.393. The third-order valence-corrected chi connectivity index (χ3v) is 4.52. The molecule has 3 rings (SSSR count). The van der Waals surface area contributed by atoms with Gasteiger partial charge in [-0.3, -0.25) is 4.79 Å². The Hall–Kier alpha value is -3.40. The second kappa shape index (κ2) is 10.8. The van der Waals surface area contributed by atoms with Gasteiger partial charge in [0.25, 0.3) is 5.91 Å². The Morgan fingerprint density at radius 2 is 1.48 bits per heavy atom. The van der Waals surface area contributed by atoms with E-state index in [0.717, 1.165) is 41.7 Å². The number of unbranched alkanes of at least 4 members (excludes halogenated alkanes) is 1. The summed E-state index contributed by atoms with van der Waals surface area (Å²) in [4.78, 5) is 12.2. The molecule has 0 aromatic heterocycles. The van der Waals surface area contributed by atoms with E-state index in [0.29, 0.717) is 5.75 Å². The van der Waals surface area contributed by atoms with Crippen molar-refractivity contribution in [1.82, 2.24) is 5.43 Å². The monoisotopic (exact) mass is 386 g/mol. The predicted molar refractivity (Wildman–Crippen MR) is 118 cm³/mol. The van der Waals surface area contributed by atoms with E-state index in [9.17, 15) is 4.79 Å². The fourth-order valence-corrected chi connectivity index (χ4v) is 2.92. The fourth-order valence-electron chi connectivity index (χ4n) is 2.92. The Morgan fingerprint density at radius 1 is 0.862 bits per heavy atom. The van der Waals surface area contributed by atoms with Gasteiger partial charge in [0.1, 0.15) is 5.75 Å². The average Bonchev–Trinajstić information content (AvgIpc) is 2.79. The number of benzene rings is 3. The molecule has 0 spiro atoms. The summed E-state index contributed by atoms with van der Waals surface area (Å²) in [5.74, 6) is 0.375. The maximum Gasteiger partial charge on any atom is 0.277 e. The van der Waals surface area contributed by atoms with E-state index in [2.05, 4.69) is 29.6 Å². The van der Waals surface area contributed by atoms with Gasteiger partial charge in [-0.2, -0.15) is 5.10 Å². The number of hydrogen-bond donors (Lipinski definition) is 1. The lowest BCUT2D eigenvalue weighted by Gasteiger charge is -2.09. The molecule has 1 N–H and O–H groups in total. The number of carbonyl (C=O) groups is 1. The highest BCUT2D eigenvalue weighted by Crippen LogP contribution is 2.21. The summed E-state index contributed by atoms with van der Waals surface area (Å²) in [5.41, 5.74) is 6.78. The minimum atomic E-state index is -0.276. The van der Waals surface area contributed by atoms with Gasteiger partial charge in [-0.15, -0.1) is 0 Å². The molecular formula is C25H26N2O2. The van der Waals surface area contributed by atoms with Crippen LogP contribution in [0.3, 0.4) is 0 Å². The van der Waals surface area contributed by atoms with Crippen molar-refractivity contribution in [3.05, 3.63) is 90.5 Å². The van der Waals surface area contributed by atoms with Gasteiger partial charge in [0.15, 0.2) is 6.61 Å². The number of amides is 1. The molecule has 0 aliphatic rings. The molecule has 148 valence electrons. The van der Waals surface area contributed by atoms with E-state index in [1.165, 1.54) is 0 Å². The van der Waals surface area contributed by atoms with E-state index in [1.54, 1.807) is 0 Å². The van der Waals surface area contributed by atoms with Crippen LogP contribution in [0.1, 0.15) is 31.7 Å². The van der Waals surface area contributed by atoms with Crippen LogP contribution in [-0.2, 0) is 4.79 Å². The maximum atomic E-state index is 12.2. The van der Waals surface area contributed by atoms with Crippen LogP contribution in [0, 0.1) is 0 Å². The third kappa shape index (κ3) is 6.32. The van der Waals surface area contributed by atoms with Crippen LogP contribution in [-0.4, -0.2) is 18.2 Å². The summed E-state index contributed by atoms with van der Waals surface area (Å²) in [7, 11) is 0.